The van der Waals surface area contributed by atoms with Crippen LogP contribution in [0, 0.1) is 5.92 Å². The third kappa shape index (κ3) is 5.02. The Balaban J connectivity index is 1.67. The van der Waals surface area contributed by atoms with Crippen molar-refractivity contribution >= 4 is 35.2 Å². The summed E-state index contributed by atoms with van der Waals surface area (Å²) in [6, 6.07) is 7.12. The van der Waals surface area contributed by atoms with Gasteiger partial charge >= 0.3 is 0 Å². The molecule has 2 saturated heterocycles. The van der Waals surface area contributed by atoms with Gasteiger partial charge in [0.15, 0.2) is 0 Å². The highest BCUT2D eigenvalue weighted by Crippen LogP contribution is 2.44. The number of carbonyl (C=O) groups is 2. The van der Waals surface area contributed by atoms with Crippen molar-refractivity contribution in [1.29, 1.82) is 0 Å². The maximum atomic E-state index is 13.0. The van der Waals surface area contributed by atoms with Crippen molar-refractivity contribution in [3.8, 4) is 0 Å². The predicted octanol–water partition coefficient (Wildman–Crippen LogP) is 3.54. The summed E-state index contributed by atoms with van der Waals surface area (Å²) in [7, 11) is 0. The van der Waals surface area contributed by atoms with Gasteiger partial charge in [0, 0.05) is 35.3 Å². The van der Waals surface area contributed by atoms with Crippen LogP contribution < -0.4 is 5.32 Å². The first-order valence-corrected chi connectivity index (χ1v) is 11.6. The van der Waals surface area contributed by atoms with Gasteiger partial charge in [-0.1, -0.05) is 50.1 Å². The lowest BCUT2D eigenvalue weighted by molar-refractivity contribution is -0.142. The zero-order valence-electron chi connectivity index (χ0n) is 16.7. The first-order chi connectivity index (χ1) is 13.5. The molecule has 28 heavy (non-hydrogen) atoms. The van der Waals surface area contributed by atoms with Gasteiger partial charge in [0.1, 0.15) is 11.4 Å². The second kappa shape index (κ2) is 9.99. The fourth-order valence-corrected chi connectivity index (χ4v) is 5.61. The van der Waals surface area contributed by atoms with Crippen LogP contribution in [0.15, 0.2) is 24.3 Å². The number of likely N-dealkylation sites (tertiary alicyclic amines) is 1. The summed E-state index contributed by atoms with van der Waals surface area (Å²) >= 11 is 8.00. The number of amides is 2. The quantitative estimate of drug-likeness (QED) is 0.760. The van der Waals surface area contributed by atoms with Gasteiger partial charge in [-0.3, -0.25) is 9.59 Å². The SMILES string of the molecule is CC(C)C(=O)N1[C@@H](C(=O)NCCN2CCCCC2)CS[C@@H]1c1ccccc1Cl. The number of hydrogen-bond acceptors (Lipinski definition) is 4. The van der Waals surface area contributed by atoms with Crippen LogP contribution in [0.4, 0.5) is 0 Å². The van der Waals surface area contributed by atoms with E-state index in [1.54, 1.807) is 16.7 Å². The number of rotatable bonds is 6. The Bertz CT molecular complexity index is 694. The maximum Gasteiger partial charge on any atom is 0.243 e. The van der Waals surface area contributed by atoms with E-state index in [2.05, 4.69) is 10.2 Å². The van der Waals surface area contributed by atoms with Crippen LogP contribution in [-0.4, -0.2) is 59.6 Å². The van der Waals surface area contributed by atoms with E-state index in [1.165, 1.54) is 19.3 Å². The minimum Gasteiger partial charge on any atom is -0.353 e. The Labute approximate surface area is 177 Å². The second-order valence-corrected chi connectivity index (χ2v) is 9.34. The van der Waals surface area contributed by atoms with Crippen LogP contribution in [0.3, 0.4) is 0 Å². The van der Waals surface area contributed by atoms with Crippen molar-refractivity contribution in [3.63, 3.8) is 0 Å². The molecule has 1 N–H and O–H groups in total. The van der Waals surface area contributed by atoms with Crippen molar-refractivity contribution in [2.45, 2.75) is 44.5 Å². The molecule has 0 aliphatic carbocycles. The van der Waals surface area contributed by atoms with E-state index in [0.29, 0.717) is 17.3 Å². The number of halogens is 1. The predicted molar refractivity (Wildman–Crippen MR) is 115 cm³/mol. The zero-order chi connectivity index (χ0) is 20.1. The fourth-order valence-electron chi connectivity index (χ4n) is 3.83. The molecule has 2 fully saturated rings. The van der Waals surface area contributed by atoms with Gasteiger partial charge in [0.25, 0.3) is 0 Å². The minimum atomic E-state index is -0.456. The molecule has 2 amide bonds. The zero-order valence-corrected chi connectivity index (χ0v) is 18.3. The maximum absolute atomic E-state index is 13.0. The molecule has 0 aromatic heterocycles. The molecule has 2 aliphatic rings. The van der Waals surface area contributed by atoms with Gasteiger partial charge in [-0.05, 0) is 32.0 Å². The molecule has 154 valence electrons. The Morgan fingerprint density at radius 1 is 1.21 bits per heavy atom. The summed E-state index contributed by atoms with van der Waals surface area (Å²) in [6.45, 7) is 7.47. The third-order valence-corrected chi connectivity index (χ3v) is 7.05. The average molecular weight is 424 g/mol. The summed E-state index contributed by atoms with van der Waals surface area (Å²) < 4.78 is 0. The highest BCUT2D eigenvalue weighted by molar-refractivity contribution is 7.99. The van der Waals surface area contributed by atoms with E-state index in [1.807, 2.05) is 38.1 Å². The second-order valence-electron chi connectivity index (χ2n) is 7.82. The summed E-state index contributed by atoms with van der Waals surface area (Å²) in [5.74, 6) is 0.343. The minimum absolute atomic E-state index is 0.00824. The third-order valence-electron chi connectivity index (χ3n) is 5.40. The Hall–Kier alpha value is -1.24. The smallest absolute Gasteiger partial charge is 0.243 e. The standard InChI is InChI=1S/C21H30ClN3O2S/c1-15(2)20(27)25-18(14-28-21(25)16-8-4-5-9-17(16)22)19(26)23-10-13-24-11-6-3-7-12-24/h4-5,8-9,15,18,21H,3,6-7,10-14H2,1-2H3,(H,23,26)/t18-,21-/m1/s1. The largest absolute Gasteiger partial charge is 0.353 e. The molecular weight excluding hydrogens is 394 g/mol. The first kappa shape index (κ1) is 21.5. The highest BCUT2D eigenvalue weighted by atomic mass is 35.5. The fraction of sp³-hybridized carbons (Fsp3) is 0.619. The molecule has 1 aromatic rings. The molecule has 7 heteroatoms. The number of carbonyl (C=O) groups excluding carboxylic acids is 2. The van der Waals surface area contributed by atoms with E-state index in [9.17, 15) is 9.59 Å². The topological polar surface area (TPSA) is 52.7 Å². The summed E-state index contributed by atoms with van der Waals surface area (Å²) in [6.07, 6.45) is 3.78. The first-order valence-electron chi connectivity index (χ1n) is 10.2. The Kier molecular flexibility index (Phi) is 7.66. The lowest BCUT2D eigenvalue weighted by Gasteiger charge is -2.31. The van der Waals surface area contributed by atoms with E-state index in [4.69, 9.17) is 11.6 Å². The Morgan fingerprint density at radius 2 is 1.93 bits per heavy atom. The van der Waals surface area contributed by atoms with Crippen LogP contribution >= 0.6 is 23.4 Å². The molecule has 2 aliphatic heterocycles. The van der Waals surface area contributed by atoms with E-state index in [-0.39, 0.29) is 23.1 Å². The van der Waals surface area contributed by atoms with Crippen molar-refractivity contribution in [2.75, 3.05) is 31.9 Å². The molecule has 1 aromatic carbocycles. The molecule has 2 atom stereocenters. The van der Waals surface area contributed by atoms with E-state index >= 15 is 0 Å². The molecule has 0 bridgehead atoms. The lowest BCUT2D eigenvalue weighted by atomic mass is 10.1. The van der Waals surface area contributed by atoms with Crippen molar-refractivity contribution in [3.05, 3.63) is 34.9 Å². The van der Waals surface area contributed by atoms with E-state index < -0.39 is 6.04 Å². The van der Waals surface area contributed by atoms with Crippen LogP contribution in [0.2, 0.25) is 5.02 Å². The molecule has 2 heterocycles. The van der Waals surface area contributed by atoms with Crippen LogP contribution in [-0.2, 0) is 9.59 Å². The highest BCUT2D eigenvalue weighted by Gasteiger charge is 2.43. The normalized spacial score (nSPS) is 23.2. The van der Waals surface area contributed by atoms with Gasteiger partial charge in [-0.2, -0.15) is 0 Å². The molecule has 0 unspecified atom stereocenters. The molecule has 0 saturated carbocycles. The molecule has 5 nitrogen and oxygen atoms in total. The molecule has 0 radical (unpaired) electrons. The van der Waals surface area contributed by atoms with Crippen molar-refractivity contribution in [2.24, 2.45) is 5.92 Å². The monoisotopic (exact) mass is 423 g/mol. The molecule has 0 spiro atoms. The number of thioether (sulfide) groups is 1. The van der Waals surface area contributed by atoms with Crippen molar-refractivity contribution in [1.82, 2.24) is 15.1 Å². The van der Waals surface area contributed by atoms with Crippen LogP contribution in [0.1, 0.15) is 44.0 Å². The summed E-state index contributed by atoms with van der Waals surface area (Å²) in [5, 5.41) is 3.47. The Morgan fingerprint density at radius 3 is 2.61 bits per heavy atom. The van der Waals surface area contributed by atoms with Crippen LogP contribution in [0.5, 0.6) is 0 Å². The number of nitrogens with zero attached hydrogens (tertiary/aromatic N) is 2. The van der Waals surface area contributed by atoms with Gasteiger partial charge in [0.05, 0.1) is 0 Å². The number of nitrogens with one attached hydrogen (secondary N) is 1. The van der Waals surface area contributed by atoms with Gasteiger partial charge in [-0.25, -0.2) is 0 Å². The average Bonchev–Trinajstić information content (AvgIpc) is 3.13. The summed E-state index contributed by atoms with van der Waals surface area (Å²) in [4.78, 5) is 30.0. The summed E-state index contributed by atoms with van der Waals surface area (Å²) in [5.41, 5.74) is 0.895. The number of hydrogen-bond donors (Lipinski definition) is 1. The van der Waals surface area contributed by atoms with Gasteiger partial charge in [-0.15, -0.1) is 11.8 Å². The molecular formula is C21H30ClN3O2S. The number of benzene rings is 1. The number of piperidine rings is 1. The van der Waals surface area contributed by atoms with E-state index in [0.717, 1.165) is 25.2 Å². The van der Waals surface area contributed by atoms with Gasteiger partial charge < -0.3 is 15.1 Å². The molecule has 3 rings (SSSR count). The lowest BCUT2D eigenvalue weighted by Crippen LogP contribution is -2.50. The van der Waals surface area contributed by atoms with Crippen molar-refractivity contribution < 1.29 is 9.59 Å². The van der Waals surface area contributed by atoms with Gasteiger partial charge in [0.2, 0.25) is 11.8 Å². The van der Waals surface area contributed by atoms with Crippen LogP contribution in [0.25, 0.3) is 0 Å².